The van der Waals surface area contributed by atoms with Crippen LogP contribution < -0.4 is 9.47 Å². The number of para-hydroxylation sites is 1. The van der Waals surface area contributed by atoms with E-state index < -0.39 is 24.2 Å². The van der Waals surface area contributed by atoms with E-state index in [0.717, 1.165) is 36.1 Å². The van der Waals surface area contributed by atoms with Crippen molar-refractivity contribution in [2.24, 2.45) is 0 Å². The van der Waals surface area contributed by atoms with Crippen LogP contribution in [0.1, 0.15) is 105 Å². The number of carbonyl (C=O) groups is 2. The maximum Gasteiger partial charge on any atom is 0.425 e. The first kappa shape index (κ1) is 34.7. The number of unbranched alkanes of at least 4 members (excludes halogenated alkanes) is 8. The van der Waals surface area contributed by atoms with Gasteiger partial charge in [-0.25, -0.2) is 9.59 Å². The summed E-state index contributed by atoms with van der Waals surface area (Å²) >= 11 is 0. The zero-order valence-corrected chi connectivity index (χ0v) is 25.7. The average Bonchev–Trinajstić information content (AvgIpc) is 3.02. The van der Waals surface area contributed by atoms with E-state index >= 15 is 0 Å². The Morgan fingerprint density at radius 1 is 0.682 bits per heavy atom. The van der Waals surface area contributed by atoms with Crippen LogP contribution >= 0.6 is 0 Å². The molecule has 0 bridgehead atoms. The molecule has 8 heteroatoms. The zero-order chi connectivity index (χ0) is 31.8. The number of benzene rings is 3. The van der Waals surface area contributed by atoms with Crippen molar-refractivity contribution in [1.29, 1.82) is 0 Å². The van der Waals surface area contributed by atoms with Crippen LogP contribution in [0.3, 0.4) is 0 Å². The molecule has 3 aromatic carbocycles. The summed E-state index contributed by atoms with van der Waals surface area (Å²) in [7, 11) is 0. The van der Waals surface area contributed by atoms with Gasteiger partial charge < -0.3 is 14.2 Å². The zero-order valence-electron chi connectivity index (χ0n) is 25.7. The molecule has 0 saturated carbocycles. The molecule has 0 aromatic heterocycles. The number of ether oxygens (including phenoxy) is 3. The Morgan fingerprint density at radius 2 is 1.25 bits per heavy atom. The van der Waals surface area contributed by atoms with Gasteiger partial charge in [-0.2, -0.15) is 13.2 Å². The van der Waals surface area contributed by atoms with Gasteiger partial charge in [-0.15, -0.1) is 0 Å². The molecule has 238 valence electrons. The third-order valence-corrected chi connectivity index (χ3v) is 7.32. The van der Waals surface area contributed by atoms with Gasteiger partial charge in [-0.3, -0.25) is 0 Å². The maximum atomic E-state index is 13.6. The topological polar surface area (TPSA) is 61.8 Å². The second-order valence-corrected chi connectivity index (χ2v) is 10.9. The minimum Gasteiger partial charge on any atom is -0.494 e. The molecule has 0 fully saturated rings. The Bertz CT molecular complexity index is 1290. The van der Waals surface area contributed by atoms with Gasteiger partial charge in [0.05, 0.1) is 12.2 Å². The molecule has 0 aliphatic rings. The number of alkyl halides is 3. The van der Waals surface area contributed by atoms with Gasteiger partial charge >= 0.3 is 18.1 Å². The molecule has 3 rings (SSSR count). The average molecular weight is 613 g/mol. The Balaban J connectivity index is 1.58. The van der Waals surface area contributed by atoms with Crippen LogP contribution in [-0.4, -0.2) is 30.8 Å². The van der Waals surface area contributed by atoms with Crippen LogP contribution in [0.15, 0.2) is 72.8 Å². The molecule has 3 aromatic rings. The lowest BCUT2D eigenvalue weighted by atomic mass is 10.0. The minimum atomic E-state index is -4.70. The highest BCUT2D eigenvalue weighted by molar-refractivity contribution is 5.96. The first-order valence-corrected chi connectivity index (χ1v) is 15.6. The minimum absolute atomic E-state index is 0.171. The summed E-state index contributed by atoms with van der Waals surface area (Å²) in [6.07, 6.45) is 2.55. The highest BCUT2D eigenvalue weighted by atomic mass is 19.4. The molecule has 44 heavy (non-hydrogen) atoms. The lowest BCUT2D eigenvalue weighted by molar-refractivity contribution is -0.206. The first-order valence-electron chi connectivity index (χ1n) is 15.6. The Kier molecular flexibility index (Phi) is 14.3. The summed E-state index contributed by atoms with van der Waals surface area (Å²) in [5.41, 5.74) is 1.79. The molecular weight excluding hydrogens is 569 g/mol. The molecule has 0 heterocycles. The van der Waals surface area contributed by atoms with Gasteiger partial charge in [0.1, 0.15) is 17.1 Å². The van der Waals surface area contributed by atoms with Crippen molar-refractivity contribution in [3.63, 3.8) is 0 Å². The van der Waals surface area contributed by atoms with E-state index in [0.29, 0.717) is 13.0 Å². The van der Waals surface area contributed by atoms with Crippen molar-refractivity contribution in [3.05, 3.63) is 83.9 Å². The molecule has 0 unspecified atom stereocenters. The van der Waals surface area contributed by atoms with Gasteiger partial charge in [0.25, 0.3) is 0 Å². The number of hydrogen-bond acceptors (Lipinski definition) is 5. The summed E-state index contributed by atoms with van der Waals surface area (Å²) in [5, 5.41) is 0. The van der Waals surface area contributed by atoms with Crippen LogP contribution in [0, 0.1) is 0 Å². The Morgan fingerprint density at radius 3 is 1.89 bits per heavy atom. The predicted molar refractivity (Wildman–Crippen MR) is 166 cm³/mol. The molecule has 5 nitrogen and oxygen atoms in total. The summed E-state index contributed by atoms with van der Waals surface area (Å²) in [4.78, 5) is 25.6. The van der Waals surface area contributed by atoms with Gasteiger partial charge in [-0.1, -0.05) is 102 Å². The summed E-state index contributed by atoms with van der Waals surface area (Å²) in [6.45, 7) is 4.85. The molecule has 0 spiro atoms. The second-order valence-electron chi connectivity index (χ2n) is 10.9. The molecule has 0 amide bonds. The summed E-state index contributed by atoms with van der Waals surface area (Å²) in [6, 6.07) is 20.1. The van der Waals surface area contributed by atoms with Crippen molar-refractivity contribution in [3.8, 4) is 22.6 Å². The maximum absolute atomic E-state index is 13.6. The molecule has 0 saturated heterocycles. The van der Waals surface area contributed by atoms with Gasteiger partial charge in [0.2, 0.25) is 0 Å². The third kappa shape index (κ3) is 11.4. The van der Waals surface area contributed by atoms with Crippen LogP contribution in [0.25, 0.3) is 11.1 Å². The number of carbonyl (C=O) groups excluding carboxylic acids is 2. The largest absolute Gasteiger partial charge is 0.494 e. The molecule has 0 N–H and O–H groups in total. The third-order valence-electron chi connectivity index (χ3n) is 7.32. The number of esters is 2. The molecule has 0 aliphatic carbocycles. The van der Waals surface area contributed by atoms with Gasteiger partial charge in [0, 0.05) is 0 Å². The SMILES string of the molecule is CCCCCCCCOc1ccc(-c2ccc(C(=O)Oc3ccccc3C(=O)O[C@@H](CCCCCC)C(F)(F)F)cc2)cc1. The van der Waals surface area contributed by atoms with Crippen LogP contribution in [0.2, 0.25) is 0 Å². The van der Waals surface area contributed by atoms with Gasteiger partial charge in [0.15, 0.2) is 6.10 Å². The highest BCUT2D eigenvalue weighted by Gasteiger charge is 2.42. The predicted octanol–water partition coefficient (Wildman–Crippen LogP) is 10.4. The lowest BCUT2D eigenvalue weighted by Crippen LogP contribution is -2.34. The van der Waals surface area contributed by atoms with Crippen LogP contribution in [-0.2, 0) is 4.74 Å². The van der Waals surface area contributed by atoms with E-state index in [1.807, 2.05) is 31.2 Å². The van der Waals surface area contributed by atoms with E-state index in [2.05, 4.69) is 6.92 Å². The van der Waals surface area contributed by atoms with Crippen molar-refractivity contribution in [2.45, 2.75) is 96.8 Å². The first-order chi connectivity index (χ1) is 21.2. The van der Waals surface area contributed by atoms with Crippen molar-refractivity contribution < 1.29 is 37.0 Å². The van der Waals surface area contributed by atoms with Crippen molar-refractivity contribution in [2.75, 3.05) is 6.61 Å². The monoisotopic (exact) mass is 612 g/mol. The number of hydrogen-bond donors (Lipinski definition) is 0. The van der Waals surface area contributed by atoms with E-state index in [-0.39, 0.29) is 29.7 Å². The van der Waals surface area contributed by atoms with E-state index in [4.69, 9.17) is 14.2 Å². The summed E-state index contributed by atoms with van der Waals surface area (Å²) < 4.78 is 56.8. The van der Waals surface area contributed by atoms with Crippen LogP contribution in [0.4, 0.5) is 13.2 Å². The van der Waals surface area contributed by atoms with E-state index in [9.17, 15) is 22.8 Å². The standard InChI is InChI=1S/C36H43F3O5/c1-3-5-7-9-10-14-26-42-30-24-22-28(23-25-30)27-18-20-29(21-19-27)34(40)43-32-16-13-12-15-31(32)35(41)44-33(36(37,38)39)17-11-8-6-4-2/h12-13,15-16,18-25,33H,3-11,14,17,26H2,1-2H3/t33-/m0/s1. The summed E-state index contributed by atoms with van der Waals surface area (Å²) in [5.74, 6) is -1.31. The smallest absolute Gasteiger partial charge is 0.425 e. The normalized spacial score (nSPS) is 12.0. The molecule has 0 aliphatic heterocycles. The Labute approximate surface area is 258 Å². The fourth-order valence-corrected chi connectivity index (χ4v) is 4.74. The quantitative estimate of drug-likeness (QED) is 0.0813. The Hall–Kier alpha value is -3.81. The number of halogens is 3. The molecule has 0 radical (unpaired) electrons. The number of rotatable bonds is 18. The van der Waals surface area contributed by atoms with E-state index in [1.165, 1.54) is 56.4 Å². The second kappa shape index (κ2) is 18.1. The van der Waals surface area contributed by atoms with E-state index in [1.54, 1.807) is 24.3 Å². The fourth-order valence-electron chi connectivity index (χ4n) is 4.74. The van der Waals surface area contributed by atoms with Crippen LogP contribution in [0.5, 0.6) is 11.5 Å². The highest BCUT2D eigenvalue weighted by Crippen LogP contribution is 2.30. The lowest BCUT2D eigenvalue weighted by Gasteiger charge is -2.21. The van der Waals surface area contributed by atoms with Crippen molar-refractivity contribution >= 4 is 11.9 Å². The molecule has 1 atom stereocenters. The fraction of sp³-hybridized carbons (Fsp3) is 0.444. The molecular formula is C36H43F3O5. The van der Waals surface area contributed by atoms with Gasteiger partial charge in [-0.05, 0) is 66.8 Å². The van der Waals surface area contributed by atoms with Crippen molar-refractivity contribution in [1.82, 2.24) is 0 Å².